The van der Waals surface area contributed by atoms with E-state index in [2.05, 4.69) is 29.4 Å². The van der Waals surface area contributed by atoms with Gasteiger partial charge >= 0.3 is 0 Å². The van der Waals surface area contributed by atoms with Crippen molar-refractivity contribution < 1.29 is 4.79 Å². The Morgan fingerprint density at radius 3 is 2.77 bits per heavy atom. The number of amides is 1. The summed E-state index contributed by atoms with van der Waals surface area (Å²) >= 11 is 6.14. The Hall–Kier alpha value is -1.85. The molecule has 1 amide bonds. The molecule has 2 rings (SSSR count). The first-order valence-corrected chi connectivity index (χ1v) is 7.70. The second-order valence-electron chi connectivity index (χ2n) is 5.68. The Labute approximate surface area is 135 Å². The SMILES string of the molecule is CC(C)CC(CN)NC(=O)c1cc(-c2ccccc2Cl)n[nH]1. The fraction of sp³-hybridized carbons (Fsp3) is 0.375. The predicted molar refractivity (Wildman–Crippen MR) is 88.8 cm³/mol. The van der Waals surface area contributed by atoms with Gasteiger partial charge < -0.3 is 11.1 Å². The van der Waals surface area contributed by atoms with Gasteiger partial charge in [-0.15, -0.1) is 0 Å². The molecule has 118 valence electrons. The lowest BCUT2D eigenvalue weighted by Gasteiger charge is -2.18. The van der Waals surface area contributed by atoms with Crippen molar-refractivity contribution in [3.8, 4) is 11.3 Å². The first-order chi connectivity index (χ1) is 10.5. The average Bonchev–Trinajstić information content (AvgIpc) is 2.96. The molecule has 0 bridgehead atoms. The Kier molecular flexibility index (Phi) is 5.57. The van der Waals surface area contributed by atoms with Crippen LogP contribution in [0, 0.1) is 5.92 Å². The standard InChI is InChI=1S/C16H21ClN4O/c1-10(2)7-11(9-18)19-16(22)15-8-14(20-21-15)12-5-3-4-6-13(12)17/h3-6,8,10-11H,7,9,18H2,1-2H3,(H,19,22)(H,20,21). The Bertz CT molecular complexity index is 639. The van der Waals surface area contributed by atoms with Crippen molar-refractivity contribution in [1.29, 1.82) is 0 Å². The van der Waals surface area contributed by atoms with Gasteiger partial charge in [0.2, 0.25) is 0 Å². The number of nitrogens with one attached hydrogen (secondary N) is 2. The van der Waals surface area contributed by atoms with Gasteiger partial charge in [-0.2, -0.15) is 5.10 Å². The number of nitrogens with two attached hydrogens (primary N) is 1. The largest absolute Gasteiger partial charge is 0.347 e. The average molecular weight is 321 g/mol. The first kappa shape index (κ1) is 16.5. The molecule has 0 aliphatic heterocycles. The number of H-pyrrole nitrogens is 1. The van der Waals surface area contributed by atoms with Crippen molar-refractivity contribution in [3.05, 3.63) is 41.0 Å². The van der Waals surface area contributed by atoms with Gasteiger partial charge in [-0.25, -0.2) is 0 Å². The maximum Gasteiger partial charge on any atom is 0.269 e. The molecule has 1 aromatic carbocycles. The van der Waals surface area contributed by atoms with E-state index < -0.39 is 0 Å². The van der Waals surface area contributed by atoms with Crippen LogP contribution in [0.5, 0.6) is 0 Å². The highest BCUT2D eigenvalue weighted by molar-refractivity contribution is 6.33. The van der Waals surface area contributed by atoms with Crippen LogP contribution in [0.25, 0.3) is 11.3 Å². The maximum absolute atomic E-state index is 12.3. The lowest BCUT2D eigenvalue weighted by Crippen LogP contribution is -2.41. The quantitative estimate of drug-likeness (QED) is 0.765. The monoisotopic (exact) mass is 320 g/mol. The summed E-state index contributed by atoms with van der Waals surface area (Å²) in [4.78, 5) is 12.3. The Morgan fingerprint density at radius 2 is 2.14 bits per heavy atom. The molecule has 0 aliphatic carbocycles. The van der Waals surface area contributed by atoms with Crippen molar-refractivity contribution in [2.75, 3.05) is 6.54 Å². The van der Waals surface area contributed by atoms with E-state index in [1.54, 1.807) is 12.1 Å². The number of aromatic amines is 1. The van der Waals surface area contributed by atoms with Crippen LogP contribution in [0.1, 0.15) is 30.8 Å². The van der Waals surface area contributed by atoms with Gasteiger partial charge in [0.25, 0.3) is 5.91 Å². The van der Waals surface area contributed by atoms with Crippen molar-refractivity contribution >= 4 is 17.5 Å². The molecule has 1 aromatic heterocycles. The number of carbonyl (C=O) groups excluding carboxylic acids is 1. The molecular formula is C16H21ClN4O. The number of hydrogen-bond acceptors (Lipinski definition) is 3. The van der Waals surface area contributed by atoms with E-state index in [1.165, 1.54) is 0 Å². The third-order valence-corrected chi connectivity index (χ3v) is 3.68. The van der Waals surface area contributed by atoms with E-state index >= 15 is 0 Å². The molecule has 1 heterocycles. The summed E-state index contributed by atoms with van der Waals surface area (Å²) in [6.45, 7) is 4.61. The zero-order valence-corrected chi connectivity index (χ0v) is 13.5. The number of nitrogens with zero attached hydrogens (tertiary/aromatic N) is 1. The van der Waals surface area contributed by atoms with Crippen molar-refractivity contribution in [1.82, 2.24) is 15.5 Å². The minimum atomic E-state index is -0.207. The van der Waals surface area contributed by atoms with Gasteiger partial charge in [0, 0.05) is 18.2 Å². The number of benzene rings is 1. The number of hydrogen-bond donors (Lipinski definition) is 3. The topological polar surface area (TPSA) is 83.8 Å². The van der Waals surface area contributed by atoms with Crippen LogP contribution < -0.4 is 11.1 Å². The highest BCUT2D eigenvalue weighted by atomic mass is 35.5. The molecule has 0 radical (unpaired) electrons. The number of aromatic nitrogens is 2. The molecule has 0 saturated carbocycles. The van der Waals surface area contributed by atoms with Crippen LogP contribution >= 0.6 is 11.6 Å². The van der Waals surface area contributed by atoms with Gasteiger partial charge in [-0.1, -0.05) is 43.6 Å². The van der Waals surface area contributed by atoms with Gasteiger partial charge in [0.1, 0.15) is 5.69 Å². The molecular weight excluding hydrogens is 300 g/mol. The van der Waals surface area contributed by atoms with Crippen LogP contribution in [0.3, 0.4) is 0 Å². The molecule has 0 saturated heterocycles. The molecule has 22 heavy (non-hydrogen) atoms. The highest BCUT2D eigenvalue weighted by Crippen LogP contribution is 2.26. The molecule has 0 spiro atoms. The van der Waals surface area contributed by atoms with Crippen molar-refractivity contribution in [2.24, 2.45) is 11.7 Å². The Balaban J connectivity index is 2.11. The summed E-state index contributed by atoms with van der Waals surface area (Å²) in [5.41, 5.74) is 7.54. The molecule has 6 heteroatoms. The molecule has 1 unspecified atom stereocenters. The van der Waals surface area contributed by atoms with Crippen LogP contribution in [0.4, 0.5) is 0 Å². The third kappa shape index (κ3) is 4.08. The Morgan fingerprint density at radius 1 is 1.41 bits per heavy atom. The highest BCUT2D eigenvalue weighted by Gasteiger charge is 2.16. The van der Waals surface area contributed by atoms with E-state index in [9.17, 15) is 4.79 Å². The van der Waals surface area contributed by atoms with Crippen LogP contribution in [-0.4, -0.2) is 28.7 Å². The summed E-state index contributed by atoms with van der Waals surface area (Å²) in [6.07, 6.45) is 0.841. The van der Waals surface area contributed by atoms with Crippen LogP contribution in [-0.2, 0) is 0 Å². The van der Waals surface area contributed by atoms with E-state index in [4.69, 9.17) is 17.3 Å². The molecule has 4 N–H and O–H groups in total. The summed E-state index contributed by atoms with van der Waals surface area (Å²) in [7, 11) is 0. The second-order valence-corrected chi connectivity index (χ2v) is 6.09. The smallest absolute Gasteiger partial charge is 0.269 e. The fourth-order valence-corrected chi connectivity index (χ4v) is 2.52. The van der Waals surface area contributed by atoms with Gasteiger partial charge in [-0.05, 0) is 24.5 Å². The maximum atomic E-state index is 12.3. The van der Waals surface area contributed by atoms with E-state index in [0.717, 1.165) is 12.0 Å². The lowest BCUT2D eigenvalue weighted by molar-refractivity contribution is 0.0928. The number of carbonyl (C=O) groups is 1. The second kappa shape index (κ2) is 7.42. The predicted octanol–water partition coefficient (Wildman–Crippen LogP) is 2.83. The van der Waals surface area contributed by atoms with Crippen LogP contribution in [0.15, 0.2) is 30.3 Å². The van der Waals surface area contributed by atoms with Crippen molar-refractivity contribution in [2.45, 2.75) is 26.3 Å². The molecule has 0 fully saturated rings. The van der Waals surface area contributed by atoms with Gasteiger partial charge in [0.15, 0.2) is 0 Å². The normalized spacial score (nSPS) is 12.4. The van der Waals surface area contributed by atoms with E-state index in [1.807, 2.05) is 18.2 Å². The third-order valence-electron chi connectivity index (χ3n) is 3.35. The van der Waals surface area contributed by atoms with Gasteiger partial charge in [-0.3, -0.25) is 9.89 Å². The molecule has 0 aliphatic rings. The molecule has 5 nitrogen and oxygen atoms in total. The number of halogens is 1. The molecule has 1 atom stereocenters. The number of rotatable bonds is 6. The summed E-state index contributed by atoms with van der Waals surface area (Å²) in [6, 6.07) is 9.03. The summed E-state index contributed by atoms with van der Waals surface area (Å²) < 4.78 is 0. The van der Waals surface area contributed by atoms with Gasteiger partial charge in [0.05, 0.1) is 10.7 Å². The zero-order chi connectivity index (χ0) is 16.1. The van der Waals surface area contributed by atoms with Crippen LogP contribution in [0.2, 0.25) is 5.02 Å². The fourth-order valence-electron chi connectivity index (χ4n) is 2.29. The summed E-state index contributed by atoms with van der Waals surface area (Å²) in [5.74, 6) is 0.260. The molecule has 2 aromatic rings. The minimum absolute atomic E-state index is 0.0421. The zero-order valence-electron chi connectivity index (χ0n) is 12.8. The van der Waals surface area contributed by atoms with Crippen molar-refractivity contribution in [3.63, 3.8) is 0 Å². The summed E-state index contributed by atoms with van der Waals surface area (Å²) in [5, 5.41) is 10.4. The first-order valence-electron chi connectivity index (χ1n) is 7.32. The van der Waals surface area contributed by atoms with E-state index in [-0.39, 0.29) is 11.9 Å². The van der Waals surface area contributed by atoms with E-state index in [0.29, 0.717) is 28.9 Å². The lowest BCUT2D eigenvalue weighted by atomic mass is 10.0. The minimum Gasteiger partial charge on any atom is -0.347 e.